The third-order valence-electron chi connectivity index (χ3n) is 2.61. The average Bonchev–Trinajstić information content (AvgIpc) is 2.71. The Balaban J connectivity index is 2.67. The van der Waals surface area contributed by atoms with Crippen molar-refractivity contribution in [2.45, 2.75) is 6.61 Å². The molecule has 0 radical (unpaired) electrons. The number of aromatic carboxylic acids is 1. The lowest BCUT2D eigenvalue weighted by molar-refractivity contribution is 0.0692. The number of nitrogens with zero attached hydrogens (tertiary/aromatic N) is 2. The van der Waals surface area contributed by atoms with E-state index in [1.165, 1.54) is 7.11 Å². The van der Waals surface area contributed by atoms with Crippen molar-refractivity contribution in [3.63, 3.8) is 0 Å². The van der Waals surface area contributed by atoms with Crippen LogP contribution in [0.1, 0.15) is 16.1 Å². The molecule has 1 N–H and O–H groups in total. The molecular formula is C12H8ClF3N2O3. The maximum Gasteiger partial charge on any atom is 0.340 e. The lowest BCUT2D eigenvalue weighted by Gasteiger charge is -2.05. The van der Waals surface area contributed by atoms with Gasteiger partial charge in [-0.3, -0.25) is 0 Å². The van der Waals surface area contributed by atoms with Gasteiger partial charge in [0.15, 0.2) is 17.5 Å². The van der Waals surface area contributed by atoms with Gasteiger partial charge in [-0.1, -0.05) is 11.6 Å². The second-order valence-electron chi connectivity index (χ2n) is 3.98. The number of ether oxygens (including phenoxy) is 1. The van der Waals surface area contributed by atoms with Crippen LogP contribution in [-0.2, 0) is 11.3 Å². The van der Waals surface area contributed by atoms with Gasteiger partial charge in [0.05, 0.1) is 6.61 Å². The molecule has 5 nitrogen and oxygen atoms in total. The van der Waals surface area contributed by atoms with Crippen LogP contribution in [-0.4, -0.2) is 28.0 Å². The van der Waals surface area contributed by atoms with E-state index in [1.807, 2.05) is 0 Å². The van der Waals surface area contributed by atoms with Gasteiger partial charge < -0.3 is 9.84 Å². The Kier molecular flexibility index (Phi) is 4.19. The van der Waals surface area contributed by atoms with Gasteiger partial charge in [-0.2, -0.15) is 5.10 Å². The van der Waals surface area contributed by atoms with Crippen LogP contribution >= 0.6 is 11.6 Å². The fraction of sp³-hybridized carbons (Fsp3) is 0.167. The Morgan fingerprint density at radius 3 is 2.52 bits per heavy atom. The summed E-state index contributed by atoms with van der Waals surface area (Å²) in [6, 6.07) is 0.852. The minimum Gasteiger partial charge on any atom is -0.478 e. The summed E-state index contributed by atoms with van der Waals surface area (Å²) in [6.45, 7) is -0.195. The monoisotopic (exact) mass is 320 g/mol. The largest absolute Gasteiger partial charge is 0.478 e. The fourth-order valence-corrected chi connectivity index (χ4v) is 2.04. The minimum atomic E-state index is -1.40. The standard InChI is InChI=1S/C12H8ClF3N2O3/c1-21-4-8-10(12(19)20)11(13)18(17-8)9-3-6(15)5(14)2-7(9)16/h2-3H,4H2,1H3,(H,19,20). The molecule has 0 spiro atoms. The molecular weight excluding hydrogens is 313 g/mol. The maximum atomic E-state index is 13.7. The Labute approximate surface area is 121 Å². The number of aromatic nitrogens is 2. The minimum absolute atomic E-state index is 0.0702. The fourth-order valence-electron chi connectivity index (χ4n) is 1.72. The molecule has 0 fully saturated rings. The van der Waals surface area contributed by atoms with E-state index in [0.717, 1.165) is 0 Å². The van der Waals surface area contributed by atoms with Crippen LogP contribution in [0, 0.1) is 17.5 Å². The number of carboxylic acids is 1. The molecule has 0 saturated heterocycles. The number of halogens is 4. The average molecular weight is 321 g/mol. The van der Waals surface area contributed by atoms with E-state index in [2.05, 4.69) is 5.10 Å². The molecule has 1 aromatic carbocycles. The summed E-state index contributed by atoms with van der Waals surface area (Å²) < 4.78 is 45.3. The molecule has 0 saturated carbocycles. The summed E-state index contributed by atoms with van der Waals surface area (Å²) in [7, 11) is 1.30. The van der Waals surface area contributed by atoms with Gasteiger partial charge in [0.2, 0.25) is 0 Å². The quantitative estimate of drug-likeness (QED) is 0.880. The molecule has 2 aromatic rings. The van der Waals surface area contributed by atoms with Gasteiger partial charge >= 0.3 is 5.97 Å². The highest BCUT2D eigenvalue weighted by Gasteiger charge is 2.25. The lowest BCUT2D eigenvalue weighted by atomic mass is 10.2. The SMILES string of the molecule is COCc1nn(-c2cc(F)c(F)cc2F)c(Cl)c1C(=O)O. The van der Waals surface area contributed by atoms with Crippen LogP contribution < -0.4 is 0 Å². The van der Waals surface area contributed by atoms with Crippen LogP contribution in [0.3, 0.4) is 0 Å². The smallest absolute Gasteiger partial charge is 0.340 e. The first-order valence-corrected chi connectivity index (χ1v) is 5.89. The summed E-state index contributed by atoms with van der Waals surface area (Å²) >= 11 is 5.84. The van der Waals surface area contributed by atoms with Crippen LogP contribution in [0.5, 0.6) is 0 Å². The Bertz CT molecular complexity index is 718. The molecule has 0 unspecified atom stereocenters. The van der Waals surface area contributed by atoms with E-state index in [0.29, 0.717) is 16.8 Å². The van der Waals surface area contributed by atoms with Gasteiger partial charge in [0, 0.05) is 19.2 Å². The predicted octanol–water partition coefficient (Wildman–Crippen LogP) is 2.79. The normalized spacial score (nSPS) is 10.9. The van der Waals surface area contributed by atoms with Crippen molar-refractivity contribution in [2.75, 3.05) is 7.11 Å². The second-order valence-corrected chi connectivity index (χ2v) is 4.34. The van der Waals surface area contributed by atoms with E-state index in [-0.39, 0.29) is 12.3 Å². The zero-order chi connectivity index (χ0) is 15.7. The number of benzene rings is 1. The van der Waals surface area contributed by atoms with E-state index >= 15 is 0 Å². The van der Waals surface area contributed by atoms with Gasteiger partial charge in [-0.15, -0.1) is 0 Å². The molecule has 9 heteroatoms. The van der Waals surface area contributed by atoms with E-state index in [4.69, 9.17) is 21.4 Å². The van der Waals surface area contributed by atoms with Crippen molar-refractivity contribution in [2.24, 2.45) is 0 Å². The molecule has 0 aliphatic rings. The highest BCUT2D eigenvalue weighted by Crippen LogP contribution is 2.27. The van der Waals surface area contributed by atoms with Gasteiger partial charge in [0.1, 0.15) is 22.1 Å². The number of hydrogen-bond acceptors (Lipinski definition) is 3. The van der Waals surface area contributed by atoms with Gasteiger partial charge in [0.25, 0.3) is 0 Å². The number of carbonyl (C=O) groups is 1. The summed E-state index contributed by atoms with van der Waals surface area (Å²) in [5, 5.41) is 12.4. The first-order valence-electron chi connectivity index (χ1n) is 5.51. The highest BCUT2D eigenvalue weighted by molar-refractivity contribution is 6.32. The van der Waals surface area contributed by atoms with Gasteiger partial charge in [-0.25, -0.2) is 22.6 Å². The maximum absolute atomic E-state index is 13.7. The molecule has 21 heavy (non-hydrogen) atoms. The zero-order valence-electron chi connectivity index (χ0n) is 10.5. The van der Waals surface area contributed by atoms with E-state index < -0.39 is 39.8 Å². The Morgan fingerprint density at radius 1 is 1.33 bits per heavy atom. The van der Waals surface area contributed by atoms with Crippen LogP contribution in [0.4, 0.5) is 13.2 Å². The van der Waals surface area contributed by atoms with Crippen molar-refractivity contribution >= 4 is 17.6 Å². The Morgan fingerprint density at radius 2 is 1.95 bits per heavy atom. The summed E-state index contributed by atoms with van der Waals surface area (Å²) in [5.41, 5.74) is -0.981. The molecule has 0 aliphatic heterocycles. The first kappa shape index (κ1) is 15.3. The third-order valence-corrected chi connectivity index (χ3v) is 2.96. The van der Waals surface area contributed by atoms with E-state index in [9.17, 15) is 18.0 Å². The van der Waals surface area contributed by atoms with Crippen LogP contribution in [0.15, 0.2) is 12.1 Å². The zero-order valence-corrected chi connectivity index (χ0v) is 11.3. The summed E-state index contributed by atoms with van der Waals surface area (Å²) in [6.07, 6.45) is 0. The topological polar surface area (TPSA) is 64.4 Å². The molecule has 1 heterocycles. The van der Waals surface area contributed by atoms with Crippen molar-refractivity contribution in [3.05, 3.63) is 46.0 Å². The predicted molar refractivity (Wildman–Crippen MR) is 66.1 cm³/mol. The van der Waals surface area contributed by atoms with Gasteiger partial charge in [-0.05, 0) is 0 Å². The molecule has 112 valence electrons. The third kappa shape index (κ3) is 2.72. The molecule has 0 atom stereocenters. The molecule has 0 bridgehead atoms. The molecule has 2 rings (SSSR count). The molecule has 1 aromatic heterocycles. The van der Waals surface area contributed by atoms with E-state index in [1.54, 1.807) is 0 Å². The first-order chi connectivity index (χ1) is 9.86. The summed E-state index contributed by atoms with van der Waals surface area (Å²) in [5.74, 6) is -5.24. The number of carboxylic acid groups (broad SMARTS) is 1. The lowest BCUT2D eigenvalue weighted by Crippen LogP contribution is -2.03. The van der Waals surface area contributed by atoms with Crippen LogP contribution in [0.2, 0.25) is 5.15 Å². The summed E-state index contributed by atoms with van der Waals surface area (Å²) in [4.78, 5) is 11.1. The number of rotatable bonds is 4. The molecule has 0 amide bonds. The van der Waals surface area contributed by atoms with Crippen molar-refractivity contribution in [3.8, 4) is 5.69 Å². The van der Waals surface area contributed by atoms with Crippen molar-refractivity contribution in [1.82, 2.24) is 9.78 Å². The molecule has 0 aliphatic carbocycles. The van der Waals surface area contributed by atoms with Crippen LogP contribution in [0.25, 0.3) is 5.69 Å². The number of hydrogen-bond donors (Lipinski definition) is 1. The number of methoxy groups -OCH3 is 1. The van der Waals surface area contributed by atoms with Crippen molar-refractivity contribution in [1.29, 1.82) is 0 Å². The highest BCUT2D eigenvalue weighted by atomic mass is 35.5. The second kappa shape index (κ2) is 5.74. The Hall–Kier alpha value is -2.06. The van der Waals surface area contributed by atoms with Crippen molar-refractivity contribution < 1.29 is 27.8 Å².